The molecule has 1 aromatic heterocycles. The molecular formula is C20H28IN5S. The smallest absolute Gasteiger partial charge is 0.191 e. The van der Waals surface area contributed by atoms with Crippen LogP contribution in [0.3, 0.4) is 0 Å². The number of nitrogens with one attached hydrogen (secondary N) is 2. The molecule has 1 aliphatic heterocycles. The number of thioether (sulfide) groups is 1. The molecule has 27 heavy (non-hydrogen) atoms. The quantitative estimate of drug-likeness (QED) is 0.365. The predicted octanol–water partition coefficient (Wildman–Crippen LogP) is 3.16. The van der Waals surface area contributed by atoms with Crippen LogP contribution in [-0.2, 0) is 13.0 Å². The molecule has 0 saturated carbocycles. The number of benzene rings is 1. The average Bonchev–Trinajstić information content (AvgIpc) is 2.72. The van der Waals surface area contributed by atoms with Gasteiger partial charge in [0.1, 0.15) is 0 Å². The summed E-state index contributed by atoms with van der Waals surface area (Å²) in [5.74, 6) is 3.27. The van der Waals surface area contributed by atoms with Crippen molar-refractivity contribution in [2.75, 3.05) is 43.1 Å². The van der Waals surface area contributed by atoms with Crippen LogP contribution in [-0.4, -0.2) is 49.1 Å². The SMILES string of the molecule is CN=C(NCCc1ccccn1)NCc1ccc(N2CCSCC2)cc1.I. The Bertz CT molecular complexity index is 687. The second-order valence-corrected chi connectivity index (χ2v) is 7.41. The number of aromatic nitrogens is 1. The minimum Gasteiger partial charge on any atom is -0.370 e. The Morgan fingerprint density at radius 3 is 2.56 bits per heavy atom. The van der Waals surface area contributed by atoms with Crippen LogP contribution >= 0.6 is 35.7 Å². The lowest BCUT2D eigenvalue weighted by Crippen LogP contribution is -2.38. The molecule has 0 unspecified atom stereocenters. The molecule has 7 heteroatoms. The van der Waals surface area contributed by atoms with Crippen molar-refractivity contribution in [2.45, 2.75) is 13.0 Å². The van der Waals surface area contributed by atoms with Crippen LogP contribution in [0.2, 0.25) is 0 Å². The highest BCUT2D eigenvalue weighted by Gasteiger charge is 2.10. The largest absolute Gasteiger partial charge is 0.370 e. The van der Waals surface area contributed by atoms with Crippen molar-refractivity contribution in [3.63, 3.8) is 0 Å². The fraction of sp³-hybridized carbons (Fsp3) is 0.400. The Morgan fingerprint density at radius 1 is 1.11 bits per heavy atom. The molecule has 0 atom stereocenters. The molecular weight excluding hydrogens is 469 g/mol. The molecule has 146 valence electrons. The summed E-state index contributed by atoms with van der Waals surface area (Å²) in [6.07, 6.45) is 2.71. The number of nitrogens with zero attached hydrogens (tertiary/aromatic N) is 3. The van der Waals surface area contributed by atoms with Gasteiger partial charge in [0.25, 0.3) is 0 Å². The van der Waals surface area contributed by atoms with Crippen molar-refractivity contribution in [3.05, 3.63) is 59.9 Å². The predicted molar refractivity (Wildman–Crippen MR) is 128 cm³/mol. The standard InChI is InChI=1S/C20H27N5S.HI/c1-21-20(23-11-9-18-4-2-3-10-22-18)24-16-17-5-7-19(8-6-17)25-12-14-26-15-13-25;/h2-8,10H,9,11-16H2,1H3,(H2,21,23,24);1H. The van der Waals surface area contributed by atoms with E-state index >= 15 is 0 Å². The van der Waals surface area contributed by atoms with Gasteiger partial charge in [-0.05, 0) is 29.8 Å². The van der Waals surface area contributed by atoms with Crippen molar-refractivity contribution in [2.24, 2.45) is 4.99 Å². The molecule has 2 N–H and O–H groups in total. The molecule has 1 fully saturated rings. The minimum atomic E-state index is 0. The van der Waals surface area contributed by atoms with Crippen molar-refractivity contribution in [1.82, 2.24) is 15.6 Å². The van der Waals surface area contributed by atoms with E-state index in [1.165, 1.54) is 22.8 Å². The summed E-state index contributed by atoms with van der Waals surface area (Å²) in [5.41, 5.74) is 3.67. The first-order valence-electron chi connectivity index (χ1n) is 9.11. The zero-order chi connectivity index (χ0) is 18.0. The fourth-order valence-electron chi connectivity index (χ4n) is 2.91. The Hall–Kier alpha value is -1.48. The molecule has 2 aromatic rings. The molecule has 5 nitrogen and oxygen atoms in total. The lowest BCUT2D eigenvalue weighted by molar-refractivity contribution is 0.784. The highest BCUT2D eigenvalue weighted by Crippen LogP contribution is 2.19. The van der Waals surface area contributed by atoms with Crippen LogP contribution in [0.4, 0.5) is 5.69 Å². The molecule has 0 radical (unpaired) electrons. The topological polar surface area (TPSA) is 52.6 Å². The number of guanidine groups is 1. The summed E-state index contributed by atoms with van der Waals surface area (Å²) in [4.78, 5) is 11.1. The maximum Gasteiger partial charge on any atom is 0.191 e. The first kappa shape index (κ1) is 21.8. The minimum absolute atomic E-state index is 0. The fourth-order valence-corrected chi connectivity index (χ4v) is 3.81. The van der Waals surface area contributed by atoms with Crippen molar-refractivity contribution in [3.8, 4) is 0 Å². The molecule has 2 heterocycles. The average molecular weight is 497 g/mol. The van der Waals surface area contributed by atoms with E-state index in [1.807, 2.05) is 36.2 Å². The van der Waals surface area contributed by atoms with Crippen LogP contribution in [0.15, 0.2) is 53.7 Å². The van der Waals surface area contributed by atoms with Gasteiger partial charge in [0.2, 0.25) is 0 Å². The van der Waals surface area contributed by atoms with Crippen LogP contribution in [0, 0.1) is 0 Å². The second kappa shape index (κ2) is 12.1. The summed E-state index contributed by atoms with van der Waals surface area (Å²) in [5, 5.41) is 6.71. The van der Waals surface area contributed by atoms with Crippen molar-refractivity contribution < 1.29 is 0 Å². The van der Waals surface area contributed by atoms with Gasteiger partial charge in [-0.1, -0.05) is 18.2 Å². The number of hydrogen-bond donors (Lipinski definition) is 2. The summed E-state index contributed by atoms with van der Waals surface area (Å²) in [6.45, 7) is 3.87. The van der Waals surface area contributed by atoms with E-state index in [9.17, 15) is 0 Å². The van der Waals surface area contributed by atoms with Gasteiger partial charge in [-0.25, -0.2) is 0 Å². The van der Waals surface area contributed by atoms with Crippen LogP contribution in [0.1, 0.15) is 11.3 Å². The third-order valence-corrected chi connectivity index (χ3v) is 5.34. The van der Waals surface area contributed by atoms with Crippen LogP contribution in [0.5, 0.6) is 0 Å². The van der Waals surface area contributed by atoms with Crippen LogP contribution in [0.25, 0.3) is 0 Å². The van der Waals surface area contributed by atoms with Gasteiger partial charge in [0.15, 0.2) is 5.96 Å². The molecule has 0 amide bonds. The molecule has 1 aromatic carbocycles. The maximum atomic E-state index is 4.34. The summed E-state index contributed by atoms with van der Waals surface area (Å²) < 4.78 is 0. The molecule has 1 saturated heterocycles. The highest BCUT2D eigenvalue weighted by molar-refractivity contribution is 14.0. The molecule has 0 spiro atoms. The Kier molecular flexibility index (Phi) is 9.75. The lowest BCUT2D eigenvalue weighted by atomic mass is 10.2. The van der Waals surface area contributed by atoms with E-state index in [-0.39, 0.29) is 24.0 Å². The van der Waals surface area contributed by atoms with Gasteiger partial charge in [-0.15, -0.1) is 24.0 Å². The second-order valence-electron chi connectivity index (χ2n) is 6.19. The summed E-state index contributed by atoms with van der Waals surface area (Å²) >= 11 is 2.04. The Balaban J connectivity index is 0.00000261. The maximum absolute atomic E-state index is 4.34. The molecule has 0 aliphatic carbocycles. The zero-order valence-electron chi connectivity index (χ0n) is 15.7. The van der Waals surface area contributed by atoms with E-state index in [0.29, 0.717) is 0 Å². The van der Waals surface area contributed by atoms with E-state index in [4.69, 9.17) is 0 Å². The normalized spacial score (nSPS) is 14.4. The summed E-state index contributed by atoms with van der Waals surface area (Å²) in [6, 6.07) is 14.8. The zero-order valence-corrected chi connectivity index (χ0v) is 18.9. The van der Waals surface area contributed by atoms with Gasteiger partial charge >= 0.3 is 0 Å². The number of anilines is 1. The van der Waals surface area contributed by atoms with Crippen molar-refractivity contribution >= 4 is 47.4 Å². The first-order valence-corrected chi connectivity index (χ1v) is 10.3. The van der Waals surface area contributed by atoms with Gasteiger partial charge in [0, 0.05) is 68.7 Å². The van der Waals surface area contributed by atoms with Gasteiger partial charge in [-0.3, -0.25) is 9.98 Å². The van der Waals surface area contributed by atoms with E-state index < -0.39 is 0 Å². The number of aliphatic imine (C=N–C) groups is 1. The third kappa shape index (κ3) is 7.21. The van der Waals surface area contributed by atoms with Gasteiger partial charge in [0.05, 0.1) is 0 Å². The third-order valence-electron chi connectivity index (χ3n) is 4.40. The molecule has 1 aliphatic rings. The number of halogens is 1. The Labute approximate surface area is 183 Å². The monoisotopic (exact) mass is 497 g/mol. The molecule has 3 rings (SSSR count). The van der Waals surface area contributed by atoms with E-state index in [1.54, 1.807) is 7.05 Å². The number of rotatable bonds is 6. The van der Waals surface area contributed by atoms with Gasteiger partial charge in [-0.2, -0.15) is 11.8 Å². The first-order chi connectivity index (χ1) is 12.8. The van der Waals surface area contributed by atoms with E-state index in [0.717, 1.165) is 44.3 Å². The number of hydrogen-bond acceptors (Lipinski definition) is 4. The highest BCUT2D eigenvalue weighted by atomic mass is 127. The van der Waals surface area contributed by atoms with Crippen molar-refractivity contribution in [1.29, 1.82) is 0 Å². The molecule has 0 bridgehead atoms. The van der Waals surface area contributed by atoms with Gasteiger partial charge < -0.3 is 15.5 Å². The van der Waals surface area contributed by atoms with Crippen LogP contribution < -0.4 is 15.5 Å². The van der Waals surface area contributed by atoms with E-state index in [2.05, 4.69) is 49.8 Å². The Morgan fingerprint density at radius 2 is 1.89 bits per heavy atom. The summed E-state index contributed by atoms with van der Waals surface area (Å²) in [7, 11) is 1.80. The lowest BCUT2D eigenvalue weighted by Gasteiger charge is -2.28. The number of pyridine rings is 1.